The molecule has 0 aliphatic heterocycles. The second-order valence-electron chi connectivity index (χ2n) is 9.31. The fourth-order valence-corrected chi connectivity index (χ4v) is 6.77. The summed E-state index contributed by atoms with van der Waals surface area (Å²) in [6.07, 6.45) is 2.75. The summed E-state index contributed by atoms with van der Waals surface area (Å²) < 4.78 is 0. The number of allylic oxidation sites excluding steroid dienone is 3. The molecule has 0 bridgehead atoms. The van der Waals surface area contributed by atoms with Gasteiger partial charge in [0.15, 0.2) is 0 Å². The van der Waals surface area contributed by atoms with Gasteiger partial charge in [0.2, 0.25) is 0 Å². The van der Waals surface area contributed by atoms with E-state index in [1.807, 2.05) is 0 Å². The van der Waals surface area contributed by atoms with Crippen LogP contribution >= 0.6 is 0 Å². The van der Waals surface area contributed by atoms with Gasteiger partial charge in [0.1, 0.15) is 0 Å². The molecule has 0 saturated heterocycles. The van der Waals surface area contributed by atoms with Crippen molar-refractivity contribution in [1.29, 1.82) is 0 Å². The molecular formula is C22H32OSi. The molecule has 1 aromatic carbocycles. The number of hydrogen-bond donors (Lipinski definition) is 1. The highest BCUT2D eigenvalue weighted by Gasteiger charge is 2.45. The topological polar surface area (TPSA) is 20.2 Å². The number of aliphatic hydroxyl groups excluding tert-OH is 1. The SMILES string of the molecule is CC1=C2C[C@H](O)C[C@]2(C)CC([Si](C)(C)C)=C1c1ccc(C)c(C)c1. The van der Waals surface area contributed by atoms with Crippen molar-refractivity contribution in [2.24, 2.45) is 5.41 Å². The molecule has 0 spiro atoms. The normalized spacial score (nSPS) is 27.8. The minimum atomic E-state index is -1.44. The Labute approximate surface area is 148 Å². The van der Waals surface area contributed by atoms with Crippen molar-refractivity contribution in [1.82, 2.24) is 0 Å². The van der Waals surface area contributed by atoms with Crippen LogP contribution in [0, 0.1) is 19.3 Å². The summed E-state index contributed by atoms with van der Waals surface area (Å²) >= 11 is 0. The molecule has 0 unspecified atom stereocenters. The minimum Gasteiger partial charge on any atom is -0.393 e. The van der Waals surface area contributed by atoms with Crippen molar-refractivity contribution in [2.75, 3.05) is 0 Å². The maximum atomic E-state index is 10.3. The molecular weight excluding hydrogens is 308 g/mol. The van der Waals surface area contributed by atoms with Crippen LogP contribution in [0.25, 0.3) is 5.57 Å². The van der Waals surface area contributed by atoms with E-state index in [0.29, 0.717) is 0 Å². The second kappa shape index (κ2) is 5.71. The van der Waals surface area contributed by atoms with Crippen LogP contribution in [0.3, 0.4) is 0 Å². The highest BCUT2D eigenvalue weighted by Crippen LogP contribution is 2.56. The van der Waals surface area contributed by atoms with Crippen LogP contribution in [0.4, 0.5) is 0 Å². The van der Waals surface area contributed by atoms with Crippen molar-refractivity contribution in [3.63, 3.8) is 0 Å². The third-order valence-corrected chi connectivity index (χ3v) is 8.49. The van der Waals surface area contributed by atoms with Crippen LogP contribution in [-0.2, 0) is 0 Å². The highest BCUT2D eigenvalue weighted by molar-refractivity contribution is 6.84. The summed E-state index contributed by atoms with van der Waals surface area (Å²) in [6, 6.07) is 6.92. The number of fused-ring (bicyclic) bond motifs is 1. The Hall–Kier alpha value is -1.12. The van der Waals surface area contributed by atoms with Gasteiger partial charge in [-0.2, -0.15) is 0 Å². The van der Waals surface area contributed by atoms with Gasteiger partial charge in [-0.25, -0.2) is 0 Å². The zero-order valence-corrected chi connectivity index (χ0v) is 17.4. The Morgan fingerprint density at radius 2 is 1.75 bits per heavy atom. The Morgan fingerprint density at radius 1 is 1.08 bits per heavy atom. The van der Waals surface area contributed by atoms with Gasteiger partial charge in [0, 0.05) is 0 Å². The molecule has 1 aromatic rings. The van der Waals surface area contributed by atoms with Crippen LogP contribution in [0.5, 0.6) is 0 Å². The third kappa shape index (κ3) is 2.84. The largest absolute Gasteiger partial charge is 0.393 e. The minimum absolute atomic E-state index is 0.165. The third-order valence-electron chi connectivity index (χ3n) is 6.25. The van der Waals surface area contributed by atoms with Gasteiger partial charge < -0.3 is 5.11 Å². The zero-order chi connectivity index (χ0) is 17.9. The molecule has 1 fully saturated rings. The fourth-order valence-electron chi connectivity index (χ4n) is 4.77. The number of benzene rings is 1. The van der Waals surface area contributed by atoms with E-state index >= 15 is 0 Å². The molecule has 0 amide bonds. The molecule has 130 valence electrons. The van der Waals surface area contributed by atoms with E-state index < -0.39 is 8.07 Å². The predicted octanol–water partition coefficient (Wildman–Crippen LogP) is 5.82. The van der Waals surface area contributed by atoms with E-state index in [9.17, 15) is 5.11 Å². The first-order valence-electron chi connectivity index (χ1n) is 9.23. The van der Waals surface area contributed by atoms with Crippen molar-refractivity contribution < 1.29 is 5.11 Å². The lowest BCUT2D eigenvalue weighted by Crippen LogP contribution is -2.33. The second-order valence-corrected chi connectivity index (χ2v) is 14.4. The summed E-state index contributed by atoms with van der Waals surface area (Å²) in [5, 5.41) is 12.0. The molecule has 2 aliphatic rings. The van der Waals surface area contributed by atoms with Gasteiger partial charge in [-0.15, -0.1) is 0 Å². The Kier molecular flexibility index (Phi) is 4.21. The quantitative estimate of drug-likeness (QED) is 0.673. The van der Waals surface area contributed by atoms with E-state index in [0.717, 1.165) is 19.3 Å². The molecule has 1 N–H and O–H groups in total. The number of hydrogen-bond acceptors (Lipinski definition) is 1. The molecule has 1 nitrogen and oxygen atoms in total. The predicted molar refractivity (Wildman–Crippen MR) is 107 cm³/mol. The summed E-state index contributed by atoms with van der Waals surface area (Å²) in [7, 11) is -1.44. The smallest absolute Gasteiger partial charge is 0.0733 e. The van der Waals surface area contributed by atoms with E-state index in [2.05, 4.69) is 65.5 Å². The van der Waals surface area contributed by atoms with Crippen LogP contribution in [0.1, 0.15) is 49.8 Å². The van der Waals surface area contributed by atoms with Crippen LogP contribution in [-0.4, -0.2) is 19.3 Å². The number of rotatable bonds is 2. The molecule has 3 rings (SSSR count). The zero-order valence-electron chi connectivity index (χ0n) is 16.4. The molecule has 24 heavy (non-hydrogen) atoms. The Bertz CT molecular complexity index is 748. The molecule has 2 heteroatoms. The van der Waals surface area contributed by atoms with Gasteiger partial charge in [0.05, 0.1) is 14.2 Å². The average molecular weight is 341 g/mol. The monoisotopic (exact) mass is 340 g/mol. The van der Waals surface area contributed by atoms with Crippen molar-refractivity contribution in [3.05, 3.63) is 51.2 Å². The number of aliphatic hydroxyl groups is 1. The number of aryl methyl sites for hydroxylation is 2. The lowest BCUT2D eigenvalue weighted by molar-refractivity contribution is 0.164. The lowest BCUT2D eigenvalue weighted by Gasteiger charge is -2.40. The van der Waals surface area contributed by atoms with E-state index in [1.54, 1.807) is 5.20 Å². The van der Waals surface area contributed by atoms with Gasteiger partial charge >= 0.3 is 0 Å². The highest BCUT2D eigenvalue weighted by atomic mass is 28.3. The Morgan fingerprint density at radius 3 is 2.33 bits per heavy atom. The van der Waals surface area contributed by atoms with Gasteiger partial charge in [0.25, 0.3) is 0 Å². The maximum absolute atomic E-state index is 10.3. The molecule has 0 aromatic heterocycles. The first-order valence-corrected chi connectivity index (χ1v) is 12.7. The van der Waals surface area contributed by atoms with Crippen LogP contribution < -0.4 is 0 Å². The van der Waals surface area contributed by atoms with Crippen molar-refractivity contribution >= 4 is 13.6 Å². The maximum Gasteiger partial charge on any atom is 0.0733 e. The first kappa shape index (κ1) is 17.7. The fraction of sp³-hybridized carbons (Fsp3) is 0.545. The Balaban J connectivity index is 2.25. The average Bonchev–Trinajstić information content (AvgIpc) is 2.76. The van der Waals surface area contributed by atoms with E-state index in [-0.39, 0.29) is 11.5 Å². The van der Waals surface area contributed by atoms with E-state index in [4.69, 9.17) is 0 Å². The van der Waals surface area contributed by atoms with Crippen molar-refractivity contribution in [2.45, 2.75) is 72.7 Å². The van der Waals surface area contributed by atoms with Crippen LogP contribution in [0.2, 0.25) is 19.6 Å². The molecule has 2 atom stereocenters. The molecule has 1 saturated carbocycles. The lowest BCUT2D eigenvalue weighted by atomic mass is 9.72. The van der Waals surface area contributed by atoms with Crippen LogP contribution in [0.15, 0.2) is 34.5 Å². The summed E-state index contributed by atoms with van der Waals surface area (Å²) in [5.74, 6) is 0. The summed E-state index contributed by atoms with van der Waals surface area (Å²) in [6.45, 7) is 16.5. The van der Waals surface area contributed by atoms with E-state index in [1.165, 1.54) is 33.4 Å². The standard InChI is InChI=1S/C22H32OSi/c1-14-8-9-17(10-15(14)2)21-16(3)19-11-18(23)12-22(19,4)13-20(21)24(5,6)7/h8-10,18,23H,11-13H2,1-7H3/t18-,22+/m0/s1. The van der Waals surface area contributed by atoms with Gasteiger partial charge in [-0.3, -0.25) is 0 Å². The van der Waals surface area contributed by atoms with Crippen molar-refractivity contribution in [3.8, 4) is 0 Å². The summed E-state index contributed by atoms with van der Waals surface area (Å²) in [4.78, 5) is 0. The molecule has 2 aliphatic carbocycles. The summed E-state index contributed by atoms with van der Waals surface area (Å²) in [5.41, 5.74) is 8.72. The van der Waals surface area contributed by atoms with Gasteiger partial charge in [-0.05, 0) is 73.3 Å². The molecule has 0 radical (unpaired) electrons. The molecule has 0 heterocycles. The first-order chi connectivity index (χ1) is 11.0. The van der Waals surface area contributed by atoms with Gasteiger partial charge in [-0.1, -0.05) is 55.5 Å².